The maximum atomic E-state index is 14.0. The molecule has 7 heteroatoms. The van der Waals surface area contributed by atoms with Crippen molar-refractivity contribution in [1.29, 1.82) is 0 Å². The Morgan fingerprint density at radius 1 is 1.24 bits per heavy atom. The van der Waals surface area contributed by atoms with Crippen LogP contribution in [0.25, 0.3) is 5.57 Å². The maximum absolute atomic E-state index is 14.0. The monoisotopic (exact) mass is 398 g/mol. The molecule has 1 aromatic carbocycles. The lowest BCUT2D eigenvalue weighted by atomic mass is 9.90. The van der Waals surface area contributed by atoms with E-state index in [4.69, 9.17) is 4.74 Å². The SMILES string of the molecule is CCOc1ccc(F)cc1C1NC(C)=C(C(=O)NC2CCNCC2)c2[nH]ccc21. The number of halogens is 1. The first kappa shape index (κ1) is 19.5. The van der Waals surface area contributed by atoms with Crippen molar-refractivity contribution in [3.63, 3.8) is 0 Å². The van der Waals surface area contributed by atoms with Crippen LogP contribution in [-0.4, -0.2) is 36.6 Å². The minimum atomic E-state index is -0.321. The van der Waals surface area contributed by atoms with Gasteiger partial charge in [0.15, 0.2) is 0 Å². The van der Waals surface area contributed by atoms with Crippen molar-refractivity contribution in [3.8, 4) is 5.75 Å². The largest absolute Gasteiger partial charge is 0.493 e. The van der Waals surface area contributed by atoms with Crippen LogP contribution in [0.3, 0.4) is 0 Å². The van der Waals surface area contributed by atoms with E-state index in [0.717, 1.165) is 42.9 Å². The molecule has 2 aliphatic rings. The Morgan fingerprint density at radius 3 is 2.79 bits per heavy atom. The molecule has 4 N–H and O–H groups in total. The van der Waals surface area contributed by atoms with Crippen LogP contribution in [0.5, 0.6) is 5.75 Å². The minimum absolute atomic E-state index is 0.0895. The molecule has 1 fully saturated rings. The summed E-state index contributed by atoms with van der Waals surface area (Å²) in [6.45, 7) is 6.10. The topological polar surface area (TPSA) is 78.2 Å². The van der Waals surface area contributed by atoms with Crippen LogP contribution in [0.4, 0.5) is 4.39 Å². The minimum Gasteiger partial charge on any atom is -0.493 e. The zero-order valence-electron chi connectivity index (χ0n) is 16.8. The molecular weight excluding hydrogens is 371 g/mol. The van der Waals surface area contributed by atoms with E-state index in [1.807, 2.05) is 26.1 Å². The second-order valence-corrected chi connectivity index (χ2v) is 7.50. The number of amides is 1. The molecule has 0 spiro atoms. The van der Waals surface area contributed by atoms with Gasteiger partial charge >= 0.3 is 0 Å². The zero-order valence-corrected chi connectivity index (χ0v) is 16.8. The molecule has 1 atom stereocenters. The number of fused-ring (bicyclic) bond motifs is 1. The van der Waals surface area contributed by atoms with Crippen LogP contribution in [0.15, 0.2) is 36.2 Å². The second kappa shape index (κ2) is 8.29. The number of nitrogens with one attached hydrogen (secondary N) is 4. The molecule has 0 aliphatic carbocycles. The van der Waals surface area contributed by atoms with E-state index in [2.05, 4.69) is 20.9 Å². The van der Waals surface area contributed by atoms with Gasteiger partial charge in [-0.2, -0.15) is 0 Å². The van der Waals surface area contributed by atoms with E-state index in [1.165, 1.54) is 12.1 Å². The summed E-state index contributed by atoms with van der Waals surface area (Å²) in [6.07, 6.45) is 3.66. The highest BCUT2D eigenvalue weighted by atomic mass is 19.1. The molecule has 0 bridgehead atoms. The van der Waals surface area contributed by atoms with Gasteiger partial charge in [-0.05, 0) is 64.0 Å². The highest BCUT2D eigenvalue weighted by molar-refractivity contribution is 6.20. The van der Waals surface area contributed by atoms with Gasteiger partial charge < -0.3 is 25.7 Å². The number of carbonyl (C=O) groups is 1. The first-order valence-electron chi connectivity index (χ1n) is 10.2. The number of rotatable bonds is 5. The van der Waals surface area contributed by atoms with Crippen molar-refractivity contribution in [2.45, 2.75) is 38.8 Å². The molecular formula is C22H27FN4O2. The fourth-order valence-corrected chi connectivity index (χ4v) is 4.18. The Kier molecular flexibility index (Phi) is 5.58. The predicted molar refractivity (Wildman–Crippen MR) is 110 cm³/mol. The zero-order chi connectivity index (χ0) is 20.4. The lowest BCUT2D eigenvalue weighted by Gasteiger charge is -2.31. The van der Waals surface area contributed by atoms with Crippen LogP contribution in [0.1, 0.15) is 49.6 Å². The van der Waals surface area contributed by atoms with E-state index >= 15 is 0 Å². The lowest BCUT2D eigenvalue weighted by molar-refractivity contribution is -0.116. The Labute approximate surface area is 169 Å². The first-order chi connectivity index (χ1) is 14.1. The molecule has 1 aromatic heterocycles. The van der Waals surface area contributed by atoms with Gasteiger partial charge in [0, 0.05) is 29.1 Å². The van der Waals surface area contributed by atoms with Gasteiger partial charge in [-0.15, -0.1) is 0 Å². The normalized spacial score (nSPS) is 19.5. The summed E-state index contributed by atoms with van der Waals surface area (Å²) in [5.41, 5.74) is 3.74. The molecule has 1 saturated heterocycles. The molecule has 0 radical (unpaired) electrons. The van der Waals surface area contributed by atoms with Gasteiger partial charge in [-0.25, -0.2) is 4.39 Å². The van der Waals surface area contributed by atoms with Crippen molar-refractivity contribution >= 4 is 11.5 Å². The third-order valence-electron chi connectivity index (χ3n) is 5.56. The average Bonchev–Trinajstić information content (AvgIpc) is 3.19. The van der Waals surface area contributed by atoms with Gasteiger partial charge in [0.1, 0.15) is 11.6 Å². The number of allylic oxidation sites excluding steroid dienone is 1. The number of hydrogen-bond donors (Lipinski definition) is 4. The van der Waals surface area contributed by atoms with Crippen LogP contribution in [0, 0.1) is 5.82 Å². The van der Waals surface area contributed by atoms with E-state index < -0.39 is 0 Å². The van der Waals surface area contributed by atoms with Crippen molar-refractivity contribution in [2.75, 3.05) is 19.7 Å². The summed E-state index contributed by atoms with van der Waals surface area (Å²) in [5.74, 6) is 0.223. The molecule has 3 heterocycles. The van der Waals surface area contributed by atoms with Gasteiger partial charge in [-0.1, -0.05) is 0 Å². The molecule has 4 rings (SSSR count). The smallest absolute Gasteiger partial charge is 0.255 e. The van der Waals surface area contributed by atoms with Crippen molar-refractivity contribution < 1.29 is 13.9 Å². The standard InChI is InChI=1S/C22H27FN4O2/c1-3-29-18-5-4-14(23)12-17(18)20-16-8-11-25-21(16)19(13(2)26-20)22(28)27-15-6-9-24-10-7-15/h4-5,8,11-12,15,20,24-26H,3,6-7,9-10H2,1-2H3,(H,27,28). The number of H-pyrrole nitrogens is 1. The van der Waals surface area contributed by atoms with Gasteiger partial charge in [-0.3, -0.25) is 4.79 Å². The number of hydrogen-bond acceptors (Lipinski definition) is 4. The van der Waals surface area contributed by atoms with Gasteiger partial charge in [0.25, 0.3) is 5.91 Å². The second-order valence-electron chi connectivity index (χ2n) is 7.50. The number of ether oxygens (including phenoxy) is 1. The average molecular weight is 398 g/mol. The molecule has 0 saturated carbocycles. The predicted octanol–water partition coefficient (Wildman–Crippen LogP) is 2.84. The van der Waals surface area contributed by atoms with Crippen molar-refractivity contribution in [1.82, 2.24) is 20.9 Å². The number of aromatic amines is 1. The number of benzene rings is 1. The fourth-order valence-electron chi connectivity index (χ4n) is 4.18. The van der Waals surface area contributed by atoms with Crippen LogP contribution in [-0.2, 0) is 4.79 Å². The molecule has 29 heavy (non-hydrogen) atoms. The number of piperidine rings is 1. The first-order valence-corrected chi connectivity index (χ1v) is 10.2. The molecule has 2 aliphatic heterocycles. The van der Waals surface area contributed by atoms with Gasteiger partial charge in [0.2, 0.25) is 0 Å². The Hall–Kier alpha value is -2.80. The van der Waals surface area contributed by atoms with E-state index in [9.17, 15) is 9.18 Å². The summed E-state index contributed by atoms with van der Waals surface area (Å²) < 4.78 is 19.8. The van der Waals surface area contributed by atoms with Crippen LogP contribution >= 0.6 is 0 Å². The van der Waals surface area contributed by atoms with E-state index in [1.54, 1.807) is 6.07 Å². The van der Waals surface area contributed by atoms with Crippen molar-refractivity contribution in [2.24, 2.45) is 0 Å². The highest BCUT2D eigenvalue weighted by Crippen LogP contribution is 2.39. The highest BCUT2D eigenvalue weighted by Gasteiger charge is 2.32. The molecule has 1 amide bonds. The quantitative estimate of drug-likeness (QED) is 0.625. The maximum Gasteiger partial charge on any atom is 0.255 e. The third kappa shape index (κ3) is 3.87. The molecule has 154 valence electrons. The Morgan fingerprint density at radius 2 is 2.03 bits per heavy atom. The van der Waals surface area contributed by atoms with Crippen LogP contribution in [0.2, 0.25) is 0 Å². The van der Waals surface area contributed by atoms with Crippen LogP contribution < -0.4 is 20.7 Å². The van der Waals surface area contributed by atoms with Gasteiger partial charge in [0.05, 0.1) is 23.9 Å². The third-order valence-corrected chi connectivity index (χ3v) is 5.56. The summed E-state index contributed by atoms with van der Waals surface area (Å²) in [5, 5.41) is 9.88. The molecule has 1 unspecified atom stereocenters. The summed E-state index contributed by atoms with van der Waals surface area (Å²) in [4.78, 5) is 16.3. The molecule has 6 nitrogen and oxygen atoms in total. The lowest BCUT2D eigenvalue weighted by Crippen LogP contribution is -2.44. The summed E-state index contributed by atoms with van der Waals surface area (Å²) in [6, 6.07) is 6.35. The Bertz CT molecular complexity index is 931. The molecule has 2 aromatic rings. The van der Waals surface area contributed by atoms with Crippen molar-refractivity contribution in [3.05, 3.63) is 58.8 Å². The summed E-state index contributed by atoms with van der Waals surface area (Å²) in [7, 11) is 0. The summed E-state index contributed by atoms with van der Waals surface area (Å²) >= 11 is 0. The number of aromatic nitrogens is 1. The fraction of sp³-hybridized carbons (Fsp3) is 0.409. The number of carbonyl (C=O) groups excluding carboxylic acids is 1. The Balaban J connectivity index is 1.66. The van der Waals surface area contributed by atoms with E-state index in [0.29, 0.717) is 23.5 Å². The van der Waals surface area contributed by atoms with E-state index in [-0.39, 0.29) is 23.8 Å².